The minimum atomic E-state index is -0.331. The Kier molecular flexibility index (Phi) is 3.01. The fraction of sp³-hybridized carbons (Fsp3) is 0.100. The molecule has 0 aliphatic rings. The van der Waals surface area contributed by atoms with Crippen LogP contribution in [0.3, 0.4) is 0 Å². The number of carbonyl (C=O) groups excluding carboxylic acids is 1. The number of ether oxygens (including phenoxy) is 1. The summed E-state index contributed by atoms with van der Waals surface area (Å²) in [5, 5.41) is 1.09. The highest BCUT2D eigenvalue weighted by atomic mass is 127. The molecular weight excluding hydrogens is 373 g/mol. The normalized spacial score (nSPS) is 10.6. The molecule has 0 radical (unpaired) electrons. The highest BCUT2D eigenvalue weighted by molar-refractivity contribution is 14.1. The minimum Gasteiger partial charge on any atom is -0.465 e. The molecule has 0 spiro atoms. The van der Waals surface area contributed by atoms with Crippen molar-refractivity contribution in [1.82, 2.24) is 4.98 Å². The predicted molar refractivity (Wildman–Crippen MR) is 70.1 cm³/mol. The number of hydrogen-bond donors (Lipinski definition) is 1. The van der Waals surface area contributed by atoms with Crippen molar-refractivity contribution in [2.45, 2.75) is 0 Å². The third-order valence-electron chi connectivity index (χ3n) is 2.10. The monoisotopic (exact) mass is 379 g/mol. The van der Waals surface area contributed by atoms with Gasteiger partial charge in [-0.25, -0.2) is 4.79 Å². The smallest absolute Gasteiger partial charge is 0.337 e. The molecule has 1 heterocycles. The van der Waals surface area contributed by atoms with Gasteiger partial charge in [-0.05, 0) is 34.7 Å². The van der Waals surface area contributed by atoms with Gasteiger partial charge >= 0.3 is 5.97 Å². The first-order chi connectivity index (χ1) is 7.13. The number of benzene rings is 1. The second kappa shape index (κ2) is 4.13. The summed E-state index contributed by atoms with van der Waals surface area (Å²) in [5.41, 5.74) is 1.46. The van der Waals surface area contributed by atoms with E-state index in [1.807, 2.05) is 6.20 Å². The van der Waals surface area contributed by atoms with Gasteiger partial charge in [0.1, 0.15) is 0 Å². The molecule has 0 atom stereocenters. The Balaban J connectivity index is 2.68. The first-order valence-electron chi connectivity index (χ1n) is 4.18. The van der Waals surface area contributed by atoms with E-state index in [-0.39, 0.29) is 5.97 Å². The van der Waals surface area contributed by atoms with Crippen LogP contribution in [0.1, 0.15) is 10.4 Å². The molecule has 0 bridgehead atoms. The number of nitrogens with one attached hydrogen (secondary N) is 1. The Morgan fingerprint density at radius 3 is 2.93 bits per heavy atom. The standard InChI is InChI=1S/C10H7BrINO2/c1-15-10(14)5-2-6(11)9-7(12)4-13-8(9)3-5/h2-4,13H,1H3. The Morgan fingerprint density at radius 1 is 1.53 bits per heavy atom. The van der Waals surface area contributed by atoms with Crippen molar-refractivity contribution < 1.29 is 9.53 Å². The number of hydrogen-bond acceptors (Lipinski definition) is 2. The van der Waals surface area contributed by atoms with Gasteiger partial charge in [-0.15, -0.1) is 0 Å². The van der Waals surface area contributed by atoms with Crippen LogP contribution >= 0.6 is 38.5 Å². The average molecular weight is 380 g/mol. The number of methoxy groups -OCH3 is 1. The van der Waals surface area contributed by atoms with Crippen LogP contribution in [0.2, 0.25) is 0 Å². The molecule has 2 rings (SSSR count). The zero-order chi connectivity index (χ0) is 11.0. The molecule has 0 saturated heterocycles. The maximum Gasteiger partial charge on any atom is 0.337 e. The maximum atomic E-state index is 11.4. The number of aromatic nitrogens is 1. The lowest BCUT2D eigenvalue weighted by molar-refractivity contribution is 0.0601. The summed E-state index contributed by atoms with van der Waals surface area (Å²) in [7, 11) is 1.37. The molecule has 1 aromatic carbocycles. The fourth-order valence-electron chi connectivity index (χ4n) is 1.41. The minimum absolute atomic E-state index is 0.331. The van der Waals surface area contributed by atoms with Crippen LogP contribution in [-0.4, -0.2) is 18.1 Å². The van der Waals surface area contributed by atoms with E-state index in [1.165, 1.54) is 7.11 Å². The lowest BCUT2D eigenvalue weighted by atomic mass is 10.2. The number of aromatic amines is 1. The van der Waals surface area contributed by atoms with Crippen LogP contribution in [0.5, 0.6) is 0 Å². The van der Waals surface area contributed by atoms with Crippen LogP contribution in [0.15, 0.2) is 22.8 Å². The van der Waals surface area contributed by atoms with Crippen molar-refractivity contribution >= 4 is 55.4 Å². The van der Waals surface area contributed by atoms with E-state index in [9.17, 15) is 4.79 Å². The molecule has 0 unspecified atom stereocenters. The van der Waals surface area contributed by atoms with Gasteiger partial charge in [0.25, 0.3) is 0 Å². The van der Waals surface area contributed by atoms with Gasteiger partial charge < -0.3 is 9.72 Å². The quantitative estimate of drug-likeness (QED) is 0.610. The van der Waals surface area contributed by atoms with Gasteiger partial charge in [0.2, 0.25) is 0 Å². The molecule has 3 nitrogen and oxygen atoms in total. The molecule has 78 valence electrons. The van der Waals surface area contributed by atoms with Crippen molar-refractivity contribution in [3.8, 4) is 0 Å². The van der Waals surface area contributed by atoms with Crippen LogP contribution in [0.4, 0.5) is 0 Å². The Labute approximate surface area is 108 Å². The number of carbonyl (C=O) groups is 1. The van der Waals surface area contributed by atoms with Crippen LogP contribution in [0, 0.1) is 3.57 Å². The van der Waals surface area contributed by atoms with Gasteiger partial charge in [0.15, 0.2) is 0 Å². The van der Waals surface area contributed by atoms with Crippen molar-refractivity contribution in [3.63, 3.8) is 0 Å². The molecule has 2 aromatic rings. The molecule has 5 heteroatoms. The van der Waals surface area contributed by atoms with Gasteiger partial charge in [0.05, 0.1) is 12.7 Å². The van der Waals surface area contributed by atoms with Gasteiger partial charge in [-0.1, -0.05) is 15.9 Å². The number of halogens is 2. The van der Waals surface area contributed by atoms with Crippen molar-refractivity contribution in [2.75, 3.05) is 7.11 Å². The molecule has 0 amide bonds. The first-order valence-corrected chi connectivity index (χ1v) is 6.05. The maximum absolute atomic E-state index is 11.4. The SMILES string of the molecule is COC(=O)c1cc(Br)c2c(I)c[nH]c2c1. The molecule has 1 aromatic heterocycles. The summed E-state index contributed by atoms with van der Waals surface area (Å²) in [6.07, 6.45) is 1.90. The van der Waals surface area contributed by atoms with E-state index in [4.69, 9.17) is 0 Å². The predicted octanol–water partition coefficient (Wildman–Crippen LogP) is 3.32. The fourth-order valence-corrected chi connectivity index (χ4v) is 3.19. The molecule has 0 saturated carbocycles. The molecule has 1 N–H and O–H groups in total. The summed E-state index contributed by atoms with van der Waals surface area (Å²) >= 11 is 5.68. The first kappa shape index (κ1) is 10.9. The molecule has 15 heavy (non-hydrogen) atoms. The van der Waals surface area contributed by atoms with Gasteiger partial charge in [0, 0.05) is 25.1 Å². The van der Waals surface area contributed by atoms with Crippen LogP contribution in [-0.2, 0) is 4.74 Å². The average Bonchev–Trinajstić information content (AvgIpc) is 2.59. The van der Waals surface area contributed by atoms with Crippen molar-refractivity contribution in [2.24, 2.45) is 0 Å². The summed E-state index contributed by atoms with van der Waals surface area (Å²) in [6, 6.07) is 3.55. The van der Waals surface area contributed by atoms with E-state index < -0.39 is 0 Å². The zero-order valence-electron chi connectivity index (χ0n) is 7.80. The molecule has 0 aliphatic carbocycles. The Hall–Kier alpha value is -0.560. The summed E-state index contributed by atoms with van der Waals surface area (Å²) in [4.78, 5) is 14.5. The third kappa shape index (κ3) is 1.90. The summed E-state index contributed by atoms with van der Waals surface area (Å²) in [5.74, 6) is -0.331. The van der Waals surface area contributed by atoms with E-state index in [2.05, 4.69) is 48.2 Å². The van der Waals surface area contributed by atoms with Gasteiger partial charge in [-0.3, -0.25) is 0 Å². The lowest BCUT2D eigenvalue weighted by Crippen LogP contribution is -2.00. The van der Waals surface area contributed by atoms with Crippen molar-refractivity contribution in [1.29, 1.82) is 0 Å². The molecule has 0 fully saturated rings. The van der Waals surface area contributed by atoms with E-state index in [0.717, 1.165) is 18.9 Å². The zero-order valence-corrected chi connectivity index (χ0v) is 11.5. The molecular formula is C10H7BrINO2. The number of H-pyrrole nitrogens is 1. The topological polar surface area (TPSA) is 42.1 Å². The van der Waals surface area contributed by atoms with Crippen LogP contribution < -0.4 is 0 Å². The number of fused-ring (bicyclic) bond motifs is 1. The molecule has 0 aliphatic heterocycles. The van der Waals surface area contributed by atoms with E-state index in [0.29, 0.717) is 5.56 Å². The second-order valence-electron chi connectivity index (χ2n) is 3.01. The second-order valence-corrected chi connectivity index (χ2v) is 5.03. The third-order valence-corrected chi connectivity index (χ3v) is 3.58. The van der Waals surface area contributed by atoms with Gasteiger partial charge in [-0.2, -0.15) is 0 Å². The lowest BCUT2D eigenvalue weighted by Gasteiger charge is -2.01. The number of esters is 1. The number of rotatable bonds is 1. The van der Waals surface area contributed by atoms with E-state index >= 15 is 0 Å². The Bertz CT molecular complexity index is 535. The van der Waals surface area contributed by atoms with Crippen LogP contribution in [0.25, 0.3) is 10.9 Å². The highest BCUT2D eigenvalue weighted by Gasteiger charge is 2.11. The summed E-state index contributed by atoms with van der Waals surface area (Å²) in [6.45, 7) is 0. The largest absolute Gasteiger partial charge is 0.465 e. The highest BCUT2D eigenvalue weighted by Crippen LogP contribution is 2.29. The van der Waals surface area contributed by atoms with E-state index in [1.54, 1.807) is 12.1 Å². The summed E-state index contributed by atoms with van der Waals surface area (Å²) < 4.78 is 6.68. The van der Waals surface area contributed by atoms with Crippen molar-refractivity contribution in [3.05, 3.63) is 31.9 Å². The Morgan fingerprint density at radius 2 is 2.27 bits per heavy atom.